The summed E-state index contributed by atoms with van der Waals surface area (Å²) in [5, 5.41) is 8.00. The molecule has 1 atom stereocenters. The first kappa shape index (κ1) is 12.2. The molecule has 92 valence electrons. The maximum atomic E-state index is 5.62. The summed E-state index contributed by atoms with van der Waals surface area (Å²) in [7, 11) is 1.86. The maximum absolute atomic E-state index is 5.62. The van der Waals surface area contributed by atoms with E-state index in [0.29, 0.717) is 0 Å². The van der Waals surface area contributed by atoms with Crippen LogP contribution in [0.3, 0.4) is 0 Å². The topological polar surface area (TPSA) is 68.8 Å². The number of hydrazine groups is 1. The summed E-state index contributed by atoms with van der Waals surface area (Å²) >= 11 is 1.78. The van der Waals surface area contributed by atoms with Crippen LogP contribution in [0.1, 0.15) is 27.1 Å². The second-order valence-electron chi connectivity index (χ2n) is 4.19. The molecule has 0 aliphatic carbocycles. The van der Waals surface area contributed by atoms with E-state index in [2.05, 4.69) is 35.7 Å². The number of nitrogens with one attached hydrogen (secondary N) is 1. The fraction of sp³-hybridized carbons (Fsp3) is 0.455. The molecule has 0 fully saturated rings. The van der Waals surface area contributed by atoms with Crippen molar-refractivity contribution in [3.63, 3.8) is 0 Å². The molecular formula is C11H17N5S. The van der Waals surface area contributed by atoms with E-state index in [4.69, 9.17) is 5.84 Å². The minimum absolute atomic E-state index is 0.101. The molecule has 6 heteroatoms. The van der Waals surface area contributed by atoms with Gasteiger partial charge in [-0.1, -0.05) is 5.21 Å². The van der Waals surface area contributed by atoms with E-state index in [9.17, 15) is 0 Å². The molecule has 0 aromatic carbocycles. The van der Waals surface area contributed by atoms with E-state index >= 15 is 0 Å². The molecule has 2 heterocycles. The monoisotopic (exact) mass is 251 g/mol. The van der Waals surface area contributed by atoms with Gasteiger partial charge in [0.15, 0.2) is 0 Å². The summed E-state index contributed by atoms with van der Waals surface area (Å²) < 4.78 is 1.70. The first-order valence-electron chi connectivity index (χ1n) is 5.48. The fourth-order valence-electron chi connectivity index (χ4n) is 1.71. The van der Waals surface area contributed by atoms with E-state index in [1.165, 1.54) is 15.3 Å². The second kappa shape index (κ2) is 4.95. The van der Waals surface area contributed by atoms with Crippen molar-refractivity contribution in [3.05, 3.63) is 33.3 Å². The van der Waals surface area contributed by atoms with Crippen LogP contribution < -0.4 is 11.3 Å². The molecule has 17 heavy (non-hydrogen) atoms. The fourth-order valence-corrected chi connectivity index (χ4v) is 2.82. The lowest BCUT2D eigenvalue weighted by Gasteiger charge is -2.11. The van der Waals surface area contributed by atoms with E-state index in [1.54, 1.807) is 16.0 Å². The Hall–Kier alpha value is -1.24. The highest BCUT2D eigenvalue weighted by molar-refractivity contribution is 7.12. The van der Waals surface area contributed by atoms with Crippen LogP contribution in [0.5, 0.6) is 0 Å². The quantitative estimate of drug-likeness (QED) is 0.633. The zero-order valence-corrected chi connectivity index (χ0v) is 11.1. The van der Waals surface area contributed by atoms with Gasteiger partial charge >= 0.3 is 0 Å². The van der Waals surface area contributed by atoms with Gasteiger partial charge in [0, 0.05) is 29.4 Å². The van der Waals surface area contributed by atoms with Gasteiger partial charge in [-0.25, -0.2) is 0 Å². The number of rotatable bonds is 4. The van der Waals surface area contributed by atoms with Crippen molar-refractivity contribution in [1.29, 1.82) is 0 Å². The van der Waals surface area contributed by atoms with Crippen molar-refractivity contribution in [1.82, 2.24) is 20.4 Å². The Labute approximate surface area is 105 Å². The van der Waals surface area contributed by atoms with Gasteiger partial charge in [0.05, 0.1) is 11.7 Å². The molecule has 3 N–H and O–H groups in total. The summed E-state index contributed by atoms with van der Waals surface area (Å²) in [6, 6.07) is 2.28. The molecule has 2 aromatic rings. The van der Waals surface area contributed by atoms with E-state index in [1.807, 2.05) is 13.2 Å². The molecule has 5 nitrogen and oxygen atoms in total. The zero-order chi connectivity index (χ0) is 12.4. The Morgan fingerprint density at radius 2 is 2.29 bits per heavy atom. The standard InChI is InChI=1S/C11H17N5S/c1-7-4-11(17-8(7)2)10(13-12)5-9-6-16(3)15-14-9/h4,6,10,13H,5,12H2,1-3H3. The van der Waals surface area contributed by atoms with Crippen LogP contribution in [-0.2, 0) is 13.5 Å². The lowest BCUT2D eigenvalue weighted by molar-refractivity contribution is 0.553. The molecule has 0 aliphatic rings. The van der Waals surface area contributed by atoms with Gasteiger partial charge < -0.3 is 0 Å². The third-order valence-electron chi connectivity index (χ3n) is 2.79. The van der Waals surface area contributed by atoms with E-state index in [-0.39, 0.29) is 6.04 Å². The number of hydrogen-bond donors (Lipinski definition) is 2. The van der Waals surface area contributed by atoms with Crippen molar-refractivity contribution in [2.75, 3.05) is 0 Å². The lowest BCUT2D eigenvalue weighted by Crippen LogP contribution is -2.29. The Kier molecular flexibility index (Phi) is 3.56. The first-order chi connectivity index (χ1) is 8.10. The molecule has 2 aromatic heterocycles. The van der Waals surface area contributed by atoms with Crippen molar-refractivity contribution in [2.45, 2.75) is 26.3 Å². The number of aryl methyl sites for hydroxylation is 3. The van der Waals surface area contributed by atoms with Gasteiger partial charge in [-0.3, -0.25) is 16.0 Å². The Morgan fingerprint density at radius 3 is 2.76 bits per heavy atom. The average molecular weight is 251 g/mol. The smallest absolute Gasteiger partial charge is 0.0846 e. The highest BCUT2D eigenvalue weighted by Crippen LogP contribution is 2.27. The van der Waals surface area contributed by atoms with Crippen LogP contribution in [0.4, 0.5) is 0 Å². The number of aromatic nitrogens is 3. The van der Waals surface area contributed by atoms with Gasteiger partial charge in [-0.15, -0.1) is 16.4 Å². The SMILES string of the molecule is Cc1cc(C(Cc2cn(C)nn2)NN)sc1C. The number of nitrogens with zero attached hydrogens (tertiary/aromatic N) is 3. The number of hydrogen-bond acceptors (Lipinski definition) is 5. The third kappa shape index (κ3) is 2.71. The highest BCUT2D eigenvalue weighted by atomic mass is 32.1. The lowest BCUT2D eigenvalue weighted by atomic mass is 10.1. The Morgan fingerprint density at radius 1 is 1.53 bits per heavy atom. The molecule has 0 bridgehead atoms. The van der Waals surface area contributed by atoms with Gasteiger partial charge in [0.25, 0.3) is 0 Å². The molecule has 0 spiro atoms. The summed E-state index contributed by atoms with van der Waals surface area (Å²) in [6.45, 7) is 4.24. The summed E-state index contributed by atoms with van der Waals surface area (Å²) in [6.07, 6.45) is 2.67. The summed E-state index contributed by atoms with van der Waals surface area (Å²) in [5.74, 6) is 5.62. The molecule has 0 aliphatic heterocycles. The van der Waals surface area contributed by atoms with Crippen LogP contribution in [0.25, 0.3) is 0 Å². The van der Waals surface area contributed by atoms with Crippen molar-refractivity contribution < 1.29 is 0 Å². The van der Waals surface area contributed by atoms with E-state index in [0.717, 1.165) is 12.1 Å². The van der Waals surface area contributed by atoms with Crippen molar-refractivity contribution in [3.8, 4) is 0 Å². The summed E-state index contributed by atoms with van der Waals surface area (Å²) in [4.78, 5) is 2.58. The molecule has 2 rings (SSSR count). The maximum Gasteiger partial charge on any atom is 0.0846 e. The minimum atomic E-state index is 0.101. The van der Waals surface area contributed by atoms with Gasteiger partial charge in [-0.05, 0) is 25.5 Å². The number of thiophene rings is 1. The van der Waals surface area contributed by atoms with Gasteiger partial charge in [0.1, 0.15) is 0 Å². The Balaban J connectivity index is 2.16. The van der Waals surface area contributed by atoms with Gasteiger partial charge in [0.2, 0.25) is 0 Å². The highest BCUT2D eigenvalue weighted by Gasteiger charge is 2.15. The first-order valence-corrected chi connectivity index (χ1v) is 6.30. The minimum Gasteiger partial charge on any atom is -0.271 e. The average Bonchev–Trinajstić information content (AvgIpc) is 2.83. The molecule has 1 unspecified atom stereocenters. The normalized spacial score (nSPS) is 12.9. The van der Waals surface area contributed by atoms with Crippen LogP contribution >= 0.6 is 11.3 Å². The van der Waals surface area contributed by atoms with Crippen molar-refractivity contribution in [2.24, 2.45) is 12.9 Å². The molecule has 0 saturated heterocycles. The van der Waals surface area contributed by atoms with Gasteiger partial charge in [-0.2, -0.15) is 0 Å². The largest absolute Gasteiger partial charge is 0.271 e. The van der Waals surface area contributed by atoms with Crippen LogP contribution in [0.2, 0.25) is 0 Å². The second-order valence-corrected chi connectivity index (χ2v) is 5.48. The molecule has 0 saturated carbocycles. The molecule has 0 amide bonds. The predicted molar refractivity (Wildman–Crippen MR) is 68.6 cm³/mol. The van der Waals surface area contributed by atoms with Crippen molar-refractivity contribution >= 4 is 11.3 Å². The summed E-state index contributed by atoms with van der Waals surface area (Å²) in [5.41, 5.74) is 5.10. The predicted octanol–water partition coefficient (Wildman–Crippen LogP) is 1.24. The van der Waals surface area contributed by atoms with Crippen LogP contribution in [0, 0.1) is 13.8 Å². The number of nitrogens with two attached hydrogens (primary N) is 1. The third-order valence-corrected chi connectivity index (χ3v) is 4.06. The van der Waals surface area contributed by atoms with Crippen LogP contribution in [-0.4, -0.2) is 15.0 Å². The van der Waals surface area contributed by atoms with Crippen LogP contribution in [0.15, 0.2) is 12.3 Å². The molecular weight excluding hydrogens is 234 g/mol. The Bertz CT molecular complexity index is 482. The van der Waals surface area contributed by atoms with E-state index < -0.39 is 0 Å². The molecule has 0 radical (unpaired) electrons. The zero-order valence-electron chi connectivity index (χ0n) is 10.3.